The number of hydrazone groups is 1. The molecule has 148 valence electrons. The zero-order chi connectivity index (χ0) is 20.4. The minimum atomic E-state index is -0.345. The molecule has 2 aromatic carbocycles. The number of anilines is 1. The highest BCUT2D eigenvalue weighted by molar-refractivity contribution is 6.33. The number of carbonyl (C=O) groups is 2. The van der Waals surface area contributed by atoms with Crippen molar-refractivity contribution in [2.24, 2.45) is 11.0 Å². The van der Waals surface area contributed by atoms with Crippen LogP contribution >= 0.6 is 11.6 Å². The third kappa shape index (κ3) is 7.80. The van der Waals surface area contributed by atoms with Crippen LogP contribution in [0.1, 0.15) is 32.3 Å². The lowest BCUT2D eigenvalue weighted by atomic mass is 10.2. The van der Waals surface area contributed by atoms with Gasteiger partial charge in [-0.2, -0.15) is 5.10 Å². The molecule has 2 amide bonds. The van der Waals surface area contributed by atoms with Gasteiger partial charge in [-0.1, -0.05) is 37.6 Å². The van der Waals surface area contributed by atoms with Crippen LogP contribution in [0.2, 0.25) is 5.02 Å². The van der Waals surface area contributed by atoms with Gasteiger partial charge in [-0.25, -0.2) is 5.43 Å². The van der Waals surface area contributed by atoms with Gasteiger partial charge in [0.2, 0.25) is 11.8 Å². The number of ether oxygens (including phenoxy) is 1. The smallest absolute Gasteiger partial charge is 0.240 e. The third-order valence-corrected chi connectivity index (χ3v) is 3.92. The van der Waals surface area contributed by atoms with Crippen LogP contribution in [0.25, 0.3) is 0 Å². The standard InChI is InChI=1S/C21H24ClN3O3/c1-15(2)14-28-17-9-7-16(8-10-17)13-23-25-21(27)12-11-20(26)24-19-6-4-3-5-18(19)22/h3-10,13,15H,11-12,14H2,1-2H3,(H,24,26)(H,25,27). The van der Waals surface area contributed by atoms with Crippen molar-refractivity contribution in [1.82, 2.24) is 5.43 Å². The number of amides is 2. The lowest BCUT2D eigenvalue weighted by molar-refractivity contribution is -0.124. The minimum Gasteiger partial charge on any atom is -0.493 e. The van der Waals surface area contributed by atoms with E-state index in [2.05, 4.69) is 29.7 Å². The number of nitrogens with zero attached hydrogens (tertiary/aromatic N) is 1. The molecule has 0 fully saturated rings. The summed E-state index contributed by atoms with van der Waals surface area (Å²) in [5.41, 5.74) is 3.76. The zero-order valence-corrected chi connectivity index (χ0v) is 16.7. The molecule has 2 N–H and O–H groups in total. The van der Waals surface area contributed by atoms with Crippen LogP contribution in [0.3, 0.4) is 0 Å². The van der Waals surface area contributed by atoms with E-state index in [-0.39, 0.29) is 24.7 Å². The van der Waals surface area contributed by atoms with Crippen LogP contribution in [0.5, 0.6) is 5.75 Å². The molecule has 6 nitrogen and oxygen atoms in total. The molecule has 0 aliphatic carbocycles. The molecule has 28 heavy (non-hydrogen) atoms. The Balaban J connectivity index is 1.71. The second kappa shape index (κ2) is 11.1. The van der Waals surface area contributed by atoms with Crippen molar-refractivity contribution in [3.05, 3.63) is 59.1 Å². The Labute approximate surface area is 169 Å². The van der Waals surface area contributed by atoms with Crippen molar-refractivity contribution in [1.29, 1.82) is 0 Å². The summed E-state index contributed by atoms with van der Waals surface area (Å²) in [6.07, 6.45) is 1.60. The molecule has 2 aromatic rings. The van der Waals surface area contributed by atoms with Crippen molar-refractivity contribution >= 4 is 35.3 Å². The van der Waals surface area contributed by atoms with Crippen molar-refractivity contribution < 1.29 is 14.3 Å². The van der Waals surface area contributed by atoms with Gasteiger partial charge >= 0.3 is 0 Å². The molecule has 0 spiro atoms. The average molecular weight is 402 g/mol. The summed E-state index contributed by atoms with van der Waals surface area (Å²) in [4.78, 5) is 23.7. The van der Waals surface area contributed by atoms with Crippen LogP contribution in [0.15, 0.2) is 53.6 Å². The van der Waals surface area contributed by atoms with Crippen molar-refractivity contribution in [2.45, 2.75) is 26.7 Å². The van der Waals surface area contributed by atoms with Gasteiger partial charge in [0.05, 0.1) is 23.5 Å². The third-order valence-electron chi connectivity index (χ3n) is 3.59. The number of rotatable bonds is 9. The normalized spacial score (nSPS) is 10.9. The number of para-hydroxylation sites is 1. The number of carbonyl (C=O) groups excluding carboxylic acids is 2. The van der Waals surface area contributed by atoms with Crippen LogP contribution in [0.4, 0.5) is 5.69 Å². The Kier molecular flexibility index (Phi) is 8.49. The highest BCUT2D eigenvalue weighted by atomic mass is 35.5. The quantitative estimate of drug-likeness (QED) is 0.487. The highest BCUT2D eigenvalue weighted by Gasteiger charge is 2.08. The van der Waals surface area contributed by atoms with Crippen LogP contribution < -0.4 is 15.5 Å². The Morgan fingerprint density at radius 1 is 1.07 bits per heavy atom. The van der Waals surface area contributed by atoms with Gasteiger partial charge in [0.15, 0.2) is 0 Å². The number of halogens is 1. The zero-order valence-electron chi connectivity index (χ0n) is 15.9. The first-order valence-corrected chi connectivity index (χ1v) is 9.41. The van der Waals surface area contributed by atoms with E-state index >= 15 is 0 Å². The molecule has 0 bridgehead atoms. The van der Waals surface area contributed by atoms with Crippen LogP contribution in [-0.2, 0) is 9.59 Å². The van der Waals surface area contributed by atoms with E-state index in [1.807, 2.05) is 24.3 Å². The average Bonchev–Trinajstić information content (AvgIpc) is 2.67. The first-order valence-electron chi connectivity index (χ1n) is 9.03. The molecule has 0 aromatic heterocycles. The van der Waals surface area contributed by atoms with Gasteiger partial charge in [-0.15, -0.1) is 0 Å². The van der Waals surface area contributed by atoms with Crippen LogP contribution in [0, 0.1) is 5.92 Å². The molecule has 0 saturated carbocycles. The number of nitrogens with one attached hydrogen (secondary N) is 2. The lowest BCUT2D eigenvalue weighted by Gasteiger charge is -2.08. The molecular weight excluding hydrogens is 378 g/mol. The summed E-state index contributed by atoms with van der Waals surface area (Å²) >= 11 is 5.98. The first kappa shape index (κ1) is 21.4. The summed E-state index contributed by atoms with van der Waals surface area (Å²) in [6.45, 7) is 4.84. The van der Waals surface area contributed by atoms with Crippen molar-refractivity contribution in [3.63, 3.8) is 0 Å². The molecule has 0 radical (unpaired) electrons. The molecular formula is C21H24ClN3O3. The Hall–Kier alpha value is -2.86. The molecule has 0 aliphatic heterocycles. The van der Waals surface area contributed by atoms with E-state index < -0.39 is 0 Å². The number of benzene rings is 2. The fraction of sp³-hybridized carbons (Fsp3) is 0.286. The predicted octanol–water partition coefficient (Wildman–Crippen LogP) is 4.24. The van der Waals surface area contributed by atoms with E-state index in [0.29, 0.717) is 23.2 Å². The largest absolute Gasteiger partial charge is 0.493 e. The van der Waals surface area contributed by atoms with E-state index in [1.165, 1.54) is 6.21 Å². The molecule has 0 unspecified atom stereocenters. The predicted molar refractivity (Wildman–Crippen MR) is 112 cm³/mol. The van der Waals surface area contributed by atoms with Gasteiger partial charge in [0.25, 0.3) is 0 Å². The summed E-state index contributed by atoms with van der Waals surface area (Å²) in [6, 6.07) is 14.3. The second-order valence-electron chi connectivity index (χ2n) is 6.60. The maximum absolute atomic E-state index is 11.9. The number of hydrogen-bond donors (Lipinski definition) is 2. The summed E-state index contributed by atoms with van der Waals surface area (Å²) in [7, 11) is 0. The highest BCUT2D eigenvalue weighted by Crippen LogP contribution is 2.20. The molecule has 0 aliphatic rings. The lowest BCUT2D eigenvalue weighted by Crippen LogP contribution is -2.20. The van der Waals surface area contributed by atoms with Crippen molar-refractivity contribution in [2.75, 3.05) is 11.9 Å². The fourth-order valence-corrected chi connectivity index (χ4v) is 2.33. The van der Waals surface area contributed by atoms with Gasteiger partial charge in [-0.05, 0) is 47.9 Å². The minimum absolute atomic E-state index is 0.0234. The monoisotopic (exact) mass is 401 g/mol. The van der Waals surface area contributed by atoms with E-state index in [4.69, 9.17) is 16.3 Å². The maximum Gasteiger partial charge on any atom is 0.240 e. The second-order valence-corrected chi connectivity index (χ2v) is 7.00. The van der Waals surface area contributed by atoms with Gasteiger partial charge < -0.3 is 10.1 Å². The summed E-state index contributed by atoms with van der Waals surface area (Å²) < 4.78 is 5.61. The molecule has 0 atom stereocenters. The van der Waals surface area contributed by atoms with Crippen LogP contribution in [-0.4, -0.2) is 24.6 Å². The molecule has 2 rings (SSSR count). The molecule has 7 heteroatoms. The van der Waals surface area contributed by atoms with Gasteiger partial charge in [-0.3, -0.25) is 9.59 Å². The topological polar surface area (TPSA) is 79.8 Å². The Bertz CT molecular complexity index is 820. The molecule has 0 saturated heterocycles. The maximum atomic E-state index is 11.9. The SMILES string of the molecule is CC(C)COc1ccc(C=NNC(=O)CCC(=O)Nc2ccccc2Cl)cc1. The fourth-order valence-electron chi connectivity index (χ4n) is 2.15. The Morgan fingerprint density at radius 3 is 2.43 bits per heavy atom. The summed E-state index contributed by atoms with van der Waals surface area (Å²) in [5.74, 6) is 0.620. The number of hydrogen-bond acceptors (Lipinski definition) is 4. The summed E-state index contributed by atoms with van der Waals surface area (Å²) in [5, 5.41) is 7.02. The molecule has 0 heterocycles. The van der Waals surface area contributed by atoms with Gasteiger partial charge in [0.1, 0.15) is 5.75 Å². The van der Waals surface area contributed by atoms with Crippen molar-refractivity contribution in [3.8, 4) is 5.75 Å². The Morgan fingerprint density at radius 2 is 1.75 bits per heavy atom. The van der Waals surface area contributed by atoms with E-state index in [9.17, 15) is 9.59 Å². The van der Waals surface area contributed by atoms with E-state index in [0.717, 1.165) is 11.3 Å². The first-order chi connectivity index (χ1) is 13.4. The van der Waals surface area contributed by atoms with E-state index in [1.54, 1.807) is 24.3 Å². The van der Waals surface area contributed by atoms with Gasteiger partial charge in [0, 0.05) is 12.8 Å².